The number of hydrogen-bond donors (Lipinski definition) is 1. The summed E-state index contributed by atoms with van der Waals surface area (Å²) in [6.07, 6.45) is 4.49. The van der Waals surface area contributed by atoms with Crippen LogP contribution in [0.25, 0.3) is 11.4 Å². The van der Waals surface area contributed by atoms with Crippen molar-refractivity contribution in [1.82, 2.24) is 20.2 Å². The molecule has 1 aliphatic heterocycles. The number of amides is 1. The van der Waals surface area contributed by atoms with Gasteiger partial charge in [0.1, 0.15) is 0 Å². The van der Waals surface area contributed by atoms with Gasteiger partial charge in [-0.2, -0.15) is 0 Å². The molecule has 1 saturated heterocycles. The smallest absolute Gasteiger partial charge is 0.254 e. The summed E-state index contributed by atoms with van der Waals surface area (Å²) >= 11 is 0. The van der Waals surface area contributed by atoms with E-state index in [9.17, 15) is 4.79 Å². The second-order valence-corrected chi connectivity index (χ2v) is 7.70. The van der Waals surface area contributed by atoms with Gasteiger partial charge in [-0.25, -0.2) is 9.97 Å². The number of carbonyl (C=O) groups excluding carboxylic acids is 1. The van der Waals surface area contributed by atoms with E-state index in [-0.39, 0.29) is 11.9 Å². The second-order valence-electron chi connectivity index (χ2n) is 7.70. The Kier molecular flexibility index (Phi) is 5.99. The third-order valence-electron chi connectivity index (χ3n) is 4.80. The summed E-state index contributed by atoms with van der Waals surface area (Å²) in [7, 11) is 0. The molecule has 1 aliphatic rings. The summed E-state index contributed by atoms with van der Waals surface area (Å²) in [6, 6.07) is 9.85. The first-order valence-corrected chi connectivity index (χ1v) is 9.42. The molecule has 1 amide bonds. The van der Waals surface area contributed by atoms with Gasteiger partial charge in [0.25, 0.3) is 5.91 Å². The minimum Gasteiger partial charge on any atom is -0.348 e. The van der Waals surface area contributed by atoms with Gasteiger partial charge >= 0.3 is 0 Å². The van der Waals surface area contributed by atoms with E-state index < -0.39 is 0 Å². The number of benzene rings is 1. The van der Waals surface area contributed by atoms with Crippen molar-refractivity contribution in [2.75, 3.05) is 19.6 Å². The average molecular weight is 352 g/mol. The number of nitrogens with one attached hydrogen (secondary N) is 1. The Bertz CT molecular complexity index is 707. The Morgan fingerprint density at radius 2 is 1.77 bits per heavy atom. The summed E-state index contributed by atoms with van der Waals surface area (Å²) in [6.45, 7) is 9.76. The first kappa shape index (κ1) is 18.5. The number of likely N-dealkylation sites (tertiary alicyclic amines) is 1. The van der Waals surface area contributed by atoms with Gasteiger partial charge in [0, 0.05) is 43.6 Å². The maximum Gasteiger partial charge on any atom is 0.254 e. The van der Waals surface area contributed by atoms with Crippen LogP contribution in [0, 0.1) is 11.8 Å². The van der Waals surface area contributed by atoms with Gasteiger partial charge in [0.05, 0.1) is 5.56 Å². The van der Waals surface area contributed by atoms with Crippen LogP contribution in [0.4, 0.5) is 0 Å². The Labute approximate surface area is 155 Å². The Balaban J connectivity index is 1.56. The van der Waals surface area contributed by atoms with Crippen LogP contribution in [0.3, 0.4) is 0 Å². The molecule has 3 unspecified atom stereocenters. The van der Waals surface area contributed by atoms with Crippen LogP contribution in [0.5, 0.6) is 0 Å². The zero-order chi connectivity index (χ0) is 18.5. The number of nitrogens with zero attached hydrogens (tertiary/aromatic N) is 3. The van der Waals surface area contributed by atoms with E-state index in [0.717, 1.165) is 37.0 Å². The molecule has 1 aromatic heterocycles. The lowest BCUT2D eigenvalue weighted by Gasteiger charge is -2.36. The molecule has 26 heavy (non-hydrogen) atoms. The fraction of sp³-hybridized carbons (Fsp3) is 0.476. The van der Waals surface area contributed by atoms with Gasteiger partial charge in [-0.1, -0.05) is 44.2 Å². The molecule has 1 fully saturated rings. The summed E-state index contributed by atoms with van der Waals surface area (Å²) in [5.41, 5.74) is 1.44. The largest absolute Gasteiger partial charge is 0.348 e. The Hall–Kier alpha value is -2.27. The van der Waals surface area contributed by atoms with Crippen LogP contribution in [0.15, 0.2) is 42.7 Å². The van der Waals surface area contributed by atoms with E-state index in [1.54, 1.807) is 12.4 Å². The summed E-state index contributed by atoms with van der Waals surface area (Å²) < 4.78 is 0. The molecule has 5 heteroatoms. The van der Waals surface area contributed by atoms with Crippen LogP contribution >= 0.6 is 0 Å². The standard InChI is InChI=1S/C21H28N4O/c1-15-9-16(2)13-25(12-15)14-17(3)24-21(26)19-10-22-20(23-11-19)18-7-5-4-6-8-18/h4-8,10-11,15-17H,9,12-14H2,1-3H3,(H,24,26). The fourth-order valence-electron chi connectivity index (χ4n) is 3.86. The fourth-order valence-corrected chi connectivity index (χ4v) is 3.86. The highest BCUT2D eigenvalue weighted by Crippen LogP contribution is 2.21. The van der Waals surface area contributed by atoms with E-state index in [2.05, 4.69) is 41.0 Å². The lowest BCUT2D eigenvalue weighted by atomic mass is 9.92. The monoisotopic (exact) mass is 352 g/mol. The summed E-state index contributed by atoms with van der Waals surface area (Å²) in [5.74, 6) is 1.96. The zero-order valence-corrected chi connectivity index (χ0v) is 15.9. The molecule has 3 atom stereocenters. The minimum absolute atomic E-state index is 0.0915. The molecule has 138 valence electrons. The molecule has 1 N–H and O–H groups in total. The predicted octanol–water partition coefficient (Wildman–Crippen LogP) is 3.24. The number of carbonyl (C=O) groups is 1. The Morgan fingerprint density at radius 3 is 2.38 bits per heavy atom. The molecule has 0 spiro atoms. The lowest BCUT2D eigenvalue weighted by molar-refractivity contribution is 0.0904. The summed E-state index contributed by atoms with van der Waals surface area (Å²) in [5, 5.41) is 3.07. The average Bonchev–Trinajstić information content (AvgIpc) is 2.61. The first-order chi connectivity index (χ1) is 12.5. The number of aromatic nitrogens is 2. The number of piperidine rings is 1. The molecule has 5 nitrogen and oxygen atoms in total. The quantitative estimate of drug-likeness (QED) is 0.897. The van der Waals surface area contributed by atoms with E-state index in [0.29, 0.717) is 11.4 Å². The van der Waals surface area contributed by atoms with Crippen LogP contribution in [0.1, 0.15) is 37.6 Å². The van der Waals surface area contributed by atoms with Gasteiger partial charge in [0.2, 0.25) is 0 Å². The predicted molar refractivity (Wildman–Crippen MR) is 104 cm³/mol. The van der Waals surface area contributed by atoms with Crippen LogP contribution in [0.2, 0.25) is 0 Å². The topological polar surface area (TPSA) is 58.1 Å². The van der Waals surface area contributed by atoms with Crippen molar-refractivity contribution in [3.63, 3.8) is 0 Å². The van der Waals surface area contributed by atoms with Gasteiger partial charge in [-0.05, 0) is 25.2 Å². The highest BCUT2D eigenvalue weighted by atomic mass is 16.1. The van der Waals surface area contributed by atoms with Crippen molar-refractivity contribution in [3.05, 3.63) is 48.3 Å². The van der Waals surface area contributed by atoms with Crippen LogP contribution in [-0.2, 0) is 0 Å². The molecule has 2 aromatic rings. The molecule has 3 rings (SSSR count). The van der Waals surface area contributed by atoms with Crippen molar-refractivity contribution in [2.45, 2.75) is 33.2 Å². The molecule has 0 bridgehead atoms. The third-order valence-corrected chi connectivity index (χ3v) is 4.80. The minimum atomic E-state index is -0.116. The maximum absolute atomic E-state index is 12.5. The molecule has 2 heterocycles. The second kappa shape index (κ2) is 8.41. The molecular weight excluding hydrogens is 324 g/mol. The molecule has 0 saturated carbocycles. The van der Waals surface area contributed by atoms with Gasteiger partial charge in [-0.3, -0.25) is 4.79 Å². The maximum atomic E-state index is 12.5. The van der Waals surface area contributed by atoms with E-state index in [1.165, 1.54) is 6.42 Å². The summed E-state index contributed by atoms with van der Waals surface area (Å²) in [4.78, 5) is 23.6. The van der Waals surface area contributed by atoms with E-state index >= 15 is 0 Å². The van der Waals surface area contributed by atoms with Gasteiger partial charge < -0.3 is 10.2 Å². The van der Waals surface area contributed by atoms with Crippen molar-refractivity contribution in [3.8, 4) is 11.4 Å². The number of rotatable bonds is 5. The van der Waals surface area contributed by atoms with Crippen LogP contribution in [-0.4, -0.2) is 46.5 Å². The zero-order valence-electron chi connectivity index (χ0n) is 15.9. The van der Waals surface area contributed by atoms with Crippen molar-refractivity contribution in [1.29, 1.82) is 0 Å². The Morgan fingerprint density at radius 1 is 1.15 bits per heavy atom. The van der Waals surface area contributed by atoms with Gasteiger partial charge in [0.15, 0.2) is 5.82 Å². The van der Waals surface area contributed by atoms with Crippen molar-refractivity contribution in [2.24, 2.45) is 11.8 Å². The van der Waals surface area contributed by atoms with Gasteiger partial charge in [-0.15, -0.1) is 0 Å². The van der Waals surface area contributed by atoms with E-state index in [1.807, 2.05) is 30.3 Å². The molecule has 1 aromatic carbocycles. The third kappa shape index (κ3) is 4.88. The molecule has 0 aliphatic carbocycles. The highest BCUT2D eigenvalue weighted by Gasteiger charge is 2.23. The van der Waals surface area contributed by atoms with Crippen molar-refractivity contribution >= 4 is 5.91 Å². The number of hydrogen-bond acceptors (Lipinski definition) is 4. The van der Waals surface area contributed by atoms with Crippen molar-refractivity contribution < 1.29 is 4.79 Å². The molecule has 0 radical (unpaired) electrons. The lowest BCUT2D eigenvalue weighted by Crippen LogP contribution is -2.47. The SMILES string of the molecule is CC1CC(C)CN(CC(C)NC(=O)c2cnc(-c3ccccc3)nc2)C1. The molecular formula is C21H28N4O. The highest BCUT2D eigenvalue weighted by molar-refractivity contribution is 5.93. The van der Waals surface area contributed by atoms with E-state index in [4.69, 9.17) is 0 Å². The van der Waals surface area contributed by atoms with Crippen LogP contribution < -0.4 is 5.32 Å². The normalized spacial score (nSPS) is 22.0. The first-order valence-electron chi connectivity index (χ1n) is 9.42.